The van der Waals surface area contributed by atoms with Gasteiger partial charge in [0, 0.05) is 33.8 Å². The number of anilines is 6. The Morgan fingerprint density at radius 1 is 0.141 bits per heavy atom. The van der Waals surface area contributed by atoms with Crippen LogP contribution in [0.4, 0.5) is 34.1 Å². The lowest BCUT2D eigenvalue weighted by Crippen LogP contribution is -2.11. The molecule has 432 valence electrons. The standard InChI is InChI=1S/C90H62N2/c1-4-26-63(27-5-1)67-34-18-39-72(58-67)91(73-40-19-35-68(59-73)80-47-14-12-45-77(80)64-28-6-2-7-29-64)74-41-20-38-71(60-74)83-56-57-88(85-50-17-16-49-84(83)85)86-52-24-54-89-87(86)53-25-55-90(89)92(76-43-22-37-70(62-76)82-51-23-33-66-32-10-11-44-79(66)82)75-42-21-36-69(61-75)81-48-15-13-46-78(81)65-30-8-3-9-31-65/h1-62H. The molecular formula is C90H62N2. The van der Waals surface area contributed by atoms with Gasteiger partial charge >= 0.3 is 0 Å². The Hall–Kier alpha value is -12.1. The van der Waals surface area contributed by atoms with Gasteiger partial charge in [-0.05, 0) is 183 Å². The predicted molar refractivity (Wildman–Crippen MR) is 392 cm³/mol. The number of hydrogen-bond donors (Lipinski definition) is 0. The van der Waals surface area contributed by atoms with Crippen molar-refractivity contribution in [1.29, 1.82) is 0 Å². The summed E-state index contributed by atoms with van der Waals surface area (Å²) in [5.41, 5.74) is 25.2. The second-order valence-corrected chi connectivity index (χ2v) is 23.5. The normalized spacial score (nSPS) is 11.3. The minimum Gasteiger partial charge on any atom is -0.310 e. The third-order valence-electron chi connectivity index (χ3n) is 18.0. The second-order valence-electron chi connectivity index (χ2n) is 23.5. The number of fused-ring (bicyclic) bond motifs is 3. The molecule has 0 saturated heterocycles. The van der Waals surface area contributed by atoms with Crippen molar-refractivity contribution in [1.82, 2.24) is 0 Å². The van der Waals surface area contributed by atoms with E-state index in [9.17, 15) is 0 Å². The number of benzene rings is 16. The van der Waals surface area contributed by atoms with Crippen LogP contribution in [0.5, 0.6) is 0 Å². The van der Waals surface area contributed by atoms with Crippen molar-refractivity contribution in [2.45, 2.75) is 0 Å². The summed E-state index contributed by atoms with van der Waals surface area (Å²) in [6.07, 6.45) is 0. The van der Waals surface area contributed by atoms with Crippen molar-refractivity contribution in [3.05, 3.63) is 376 Å². The van der Waals surface area contributed by atoms with E-state index >= 15 is 0 Å². The molecule has 16 aromatic rings. The Bertz CT molecular complexity index is 5360. The van der Waals surface area contributed by atoms with Crippen LogP contribution < -0.4 is 9.80 Å². The molecule has 16 rings (SSSR count). The van der Waals surface area contributed by atoms with Crippen LogP contribution >= 0.6 is 0 Å². The molecule has 0 N–H and O–H groups in total. The molecule has 0 radical (unpaired) electrons. The first-order chi connectivity index (χ1) is 45.6. The van der Waals surface area contributed by atoms with E-state index in [1.807, 2.05) is 0 Å². The van der Waals surface area contributed by atoms with E-state index in [1.54, 1.807) is 0 Å². The molecule has 0 aliphatic heterocycles. The molecule has 0 heterocycles. The van der Waals surface area contributed by atoms with Gasteiger partial charge in [-0.1, -0.05) is 309 Å². The van der Waals surface area contributed by atoms with E-state index in [0.717, 1.165) is 67.3 Å². The maximum atomic E-state index is 2.46. The minimum absolute atomic E-state index is 1.06. The van der Waals surface area contributed by atoms with E-state index in [4.69, 9.17) is 0 Å². The van der Waals surface area contributed by atoms with E-state index < -0.39 is 0 Å². The average molecular weight is 1170 g/mol. The maximum absolute atomic E-state index is 2.46. The molecular weight excluding hydrogens is 1110 g/mol. The van der Waals surface area contributed by atoms with Gasteiger partial charge in [0.05, 0.1) is 5.69 Å². The highest BCUT2D eigenvalue weighted by Gasteiger charge is 2.22. The summed E-state index contributed by atoms with van der Waals surface area (Å²) in [6.45, 7) is 0. The zero-order valence-electron chi connectivity index (χ0n) is 50.7. The summed E-state index contributed by atoms with van der Waals surface area (Å²) in [5, 5.41) is 7.16. The van der Waals surface area contributed by atoms with Gasteiger partial charge in [-0.15, -0.1) is 0 Å². The molecule has 0 unspecified atom stereocenters. The van der Waals surface area contributed by atoms with Crippen LogP contribution in [0.3, 0.4) is 0 Å². The van der Waals surface area contributed by atoms with Crippen LogP contribution in [0.1, 0.15) is 0 Å². The highest BCUT2D eigenvalue weighted by Crippen LogP contribution is 2.48. The summed E-state index contributed by atoms with van der Waals surface area (Å²) in [4.78, 5) is 4.88. The van der Waals surface area contributed by atoms with Crippen LogP contribution in [0, 0.1) is 0 Å². The highest BCUT2D eigenvalue weighted by atomic mass is 15.1. The van der Waals surface area contributed by atoms with Gasteiger partial charge in [0.1, 0.15) is 0 Å². The SMILES string of the molecule is c1ccc(-c2cccc(N(c3cccc(-c4ccccc4-c4ccccc4)c3)c3cccc(-c4ccc(-c5cccc6c(N(c7cccc(-c8ccccc8-c8ccccc8)c7)c7cccc(-c8cccc9ccccc89)c7)cccc56)c5ccccc45)c3)c2)cc1. The Morgan fingerprint density at radius 2 is 0.424 bits per heavy atom. The van der Waals surface area contributed by atoms with E-state index in [0.29, 0.717) is 0 Å². The third-order valence-corrected chi connectivity index (χ3v) is 18.0. The van der Waals surface area contributed by atoms with Gasteiger partial charge in [-0.25, -0.2) is 0 Å². The maximum Gasteiger partial charge on any atom is 0.0540 e. The summed E-state index contributed by atoms with van der Waals surface area (Å²) >= 11 is 0. The zero-order chi connectivity index (χ0) is 61.2. The van der Waals surface area contributed by atoms with Crippen molar-refractivity contribution >= 4 is 66.4 Å². The van der Waals surface area contributed by atoms with Crippen LogP contribution in [-0.2, 0) is 0 Å². The van der Waals surface area contributed by atoms with Crippen molar-refractivity contribution < 1.29 is 0 Å². The molecule has 0 atom stereocenters. The fourth-order valence-corrected chi connectivity index (χ4v) is 13.8. The van der Waals surface area contributed by atoms with Gasteiger partial charge in [-0.2, -0.15) is 0 Å². The molecule has 0 fully saturated rings. The average Bonchev–Trinajstić information content (AvgIpc) is 0.842. The molecule has 0 bridgehead atoms. The van der Waals surface area contributed by atoms with Crippen molar-refractivity contribution in [3.63, 3.8) is 0 Å². The largest absolute Gasteiger partial charge is 0.310 e. The van der Waals surface area contributed by atoms with E-state index in [-0.39, 0.29) is 0 Å². The number of hydrogen-bond acceptors (Lipinski definition) is 2. The van der Waals surface area contributed by atoms with Gasteiger partial charge in [0.15, 0.2) is 0 Å². The van der Waals surface area contributed by atoms with Crippen molar-refractivity contribution in [3.8, 4) is 89.0 Å². The topological polar surface area (TPSA) is 6.48 Å². The monoisotopic (exact) mass is 1170 g/mol. The van der Waals surface area contributed by atoms with E-state index in [1.165, 1.54) is 88.1 Å². The Balaban J connectivity index is 0.821. The minimum atomic E-state index is 1.06. The fourth-order valence-electron chi connectivity index (χ4n) is 13.8. The second kappa shape index (κ2) is 24.5. The smallest absolute Gasteiger partial charge is 0.0540 e. The summed E-state index contributed by atoms with van der Waals surface area (Å²) < 4.78 is 0. The molecule has 92 heavy (non-hydrogen) atoms. The Morgan fingerprint density at radius 3 is 0.967 bits per heavy atom. The van der Waals surface area contributed by atoms with Crippen LogP contribution in [-0.4, -0.2) is 0 Å². The Labute approximate surface area is 538 Å². The summed E-state index contributed by atoms with van der Waals surface area (Å²) in [7, 11) is 0. The third kappa shape index (κ3) is 10.6. The van der Waals surface area contributed by atoms with Crippen molar-refractivity contribution in [2.24, 2.45) is 0 Å². The summed E-state index contributed by atoms with van der Waals surface area (Å²) in [6, 6.07) is 137. The van der Waals surface area contributed by atoms with Crippen LogP contribution in [0.25, 0.3) is 121 Å². The van der Waals surface area contributed by atoms with Crippen LogP contribution in [0.15, 0.2) is 376 Å². The van der Waals surface area contributed by atoms with Gasteiger partial charge in [0.2, 0.25) is 0 Å². The predicted octanol–water partition coefficient (Wildman–Crippen LogP) is 25.4. The molecule has 16 aromatic carbocycles. The Kier molecular flexibility index (Phi) is 14.7. The molecule has 0 aromatic heterocycles. The lowest BCUT2D eigenvalue weighted by molar-refractivity contribution is 1.28. The molecule has 2 nitrogen and oxygen atoms in total. The lowest BCUT2D eigenvalue weighted by Gasteiger charge is -2.28. The lowest BCUT2D eigenvalue weighted by atomic mass is 9.89. The fraction of sp³-hybridized carbons (Fsp3) is 0. The molecule has 0 spiro atoms. The van der Waals surface area contributed by atoms with Gasteiger partial charge in [0.25, 0.3) is 0 Å². The first-order valence-corrected chi connectivity index (χ1v) is 31.6. The molecule has 0 aliphatic carbocycles. The molecule has 0 saturated carbocycles. The first kappa shape index (κ1) is 55.2. The summed E-state index contributed by atoms with van der Waals surface area (Å²) in [5.74, 6) is 0. The van der Waals surface area contributed by atoms with Crippen LogP contribution in [0.2, 0.25) is 0 Å². The first-order valence-electron chi connectivity index (χ1n) is 31.6. The highest BCUT2D eigenvalue weighted by molar-refractivity contribution is 6.13. The molecule has 0 amide bonds. The number of rotatable bonds is 14. The van der Waals surface area contributed by atoms with Gasteiger partial charge in [-0.3, -0.25) is 0 Å². The zero-order valence-corrected chi connectivity index (χ0v) is 50.7. The van der Waals surface area contributed by atoms with Crippen molar-refractivity contribution in [2.75, 3.05) is 9.80 Å². The van der Waals surface area contributed by atoms with E-state index in [2.05, 4.69) is 386 Å². The number of nitrogens with zero attached hydrogens (tertiary/aromatic N) is 2. The molecule has 2 heteroatoms. The quantitative estimate of drug-likeness (QED) is 0.107. The molecule has 0 aliphatic rings. The van der Waals surface area contributed by atoms with Gasteiger partial charge < -0.3 is 9.80 Å².